The Hall–Kier alpha value is -2.59. The fourth-order valence-electron chi connectivity index (χ4n) is 3.34. The average Bonchev–Trinajstić information content (AvgIpc) is 2.72. The molecule has 1 N–H and O–H groups in total. The van der Waals surface area contributed by atoms with Crippen molar-refractivity contribution in [2.24, 2.45) is 0 Å². The Kier molecular flexibility index (Phi) is 6.66. The third-order valence-corrected chi connectivity index (χ3v) is 4.98. The van der Waals surface area contributed by atoms with Gasteiger partial charge in [0.2, 0.25) is 5.91 Å². The lowest BCUT2D eigenvalue weighted by Crippen LogP contribution is -2.36. The van der Waals surface area contributed by atoms with E-state index in [9.17, 15) is 4.79 Å². The second kappa shape index (κ2) is 9.38. The summed E-state index contributed by atoms with van der Waals surface area (Å²) in [6, 6.07) is 16.5. The standard InChI is InChI=1S/C23H28N2O2/c1-3-22(24-23(26)12-11-19-8-5-4-7-18(19)2)20-9-6-10-21(17-20)25-13-15-27-16-14-25/h4-12,17,22H,3,13-16H2,1-2H3,(H,24,26). The zero-order valence-electron chi connectivity index (χ0n) is 16.2. The highest BCUT2D eigenvalue weighted by atomic mass is 16.5. The first kappa shape index (κ1) is 19.2. The molecule has 3 rings (SSSR count). The molecule has 0 bridgehead atoms. The van der Waals surface area contributed by atoms with Crippen molar-refractivity contribution in [1.29, 1.82) is 0 Å². The highest BCUT2D eigenvalue weighted by Gasteiger charge is 2.15. The number of benzene rings is 2. The monoisotopic (exact) mass is 364 g/mol. The second-order valence-corrected chi connectivity index (χ2v) is 6.85. The van der Waals surface area contributed by atoms with Gasteiger partial charge in [-0.1, -0.05) is 43.3 Å². The van der Waals surface area contributed by atoms with Gasteiger partial charge in [-0.3, -0.25) is 4.79 Å². The first-order chi connectivity index (χ1) is 13.2. The normalized spacial score (nSPS) is 15.7. The first-order valence-corrected chi connectivity index (χ1v) is 9.64. The van der Waals surface area contributed by atoms with Crippen molar-refractivity contribution in [3.05, 3.63) is 71.3 Å². The van der Waals surface area contributed by atoms with Crippen molar-refractivity contribution in [3.8, 4) is 0 Å². The second-order valence-electron chi connectivity index (χ2n) is 6.85. The van der Waals surface area contributed by atoms with Gasteiger partial charge in [0.15, 0.2) is 0 Å². The highest BCUT2D eigenvalue weighted by Crippen LogP contribution is 2.23. The summed E-state index contributed by atoms with van der Waals surface area (Å²) in [5, 5.41) is 3.13. The van der Waals surface area contributed by atoms with Crippen LogP contribution in [0.1, 0.15) is 36.1 Å². The summed E-state index contributed by atoms with van der Waals surface area (Å²) >= 11 is 0. The van der Waals surface area contributed by atoms with E-state index in [1.165, 1.54) is 5.69 Å². The third-order valence-electron chi connectivity index (χ3n) is 4.98. The van der Waals surface area contributed by atoms with E-state index in [1.54, 1.807) is 6.08 Å². The molecule has 0 spiro atoms. The summed E-state index contributed by atoms with van der Waals surface area (Å²) in [6.45, 7) is 7.49. The maximum absolute atomic E-state index is 12.4. The molecule has 1 amide bonds. The molecule has 0 aromatic heterocycles. The Morgan fingerprint density at radius 2 is 1.96 bits per heavy atom. The number of morpholine rings is 1. The molecule has 0 radical (unpaired) electrons. The van der Waals surface area contributed by atoms with Crippen LogP contribution >= 0.6 is 0 Å². The van der Waals surface area contributed by atoms with E-state index in [1.807, 2.05) is 37.3 Å². The van der Waals surface area contributed by atoms with Crippen molar-refractivity contribution in [3.63, 3.8) is 0 Å². The predicted molar refractivity (Wildman–Crippen MR) is 111 cm³/mol. The van der Waals surface area contributed by atoms with Crippen molar-refractivity contribution in [1.82, 2.24) is 5.32 Å². The summed E-state index contributed by atoms with van der Waals surface area (Å²) in [7, 11) is 0. The van der Waals surface area contributed by atoms with E-state index >= 15 is 0 Å². The molecule has 1 atom stereocenters. The van der Waals surface area contributed by atoms with Gasteiger partial charge in [0.25, 0.3) is 0 Å². The summed E-state index contributed by atoms with van der Waals surface area (Å²) < 4.78 is 5.44. The molecule has 1 unspecified atom stereocenters. The molecule has 2 aromatic carbocycles. The number of anilines is 1. The molecule has 2 aromatic rings. The molecular weight excluding hydrogens is 336 g/mol. The molecular formula is C23H28N2O2. The van der Waals surface area contributed by atoms with Crippen LogP contribution in [-0.2, 0) is 9.53 Å². The number of hydrogen-bond donors (Lipinski definition) is 1. The van der Waals surface area contributed by atoms with Gasteiger partial charge in [0.05, 0.1) is 19.3 Å². The number of rotatable bonds is 6. The zero-order valence-corrected chi connectivity index (χ0v) is 16.2. The van der Waals surface area contributed by atoms with Crippen LogP contribution in [0.25, 0.3) is 6.08 Å². The Morgan fingerprint density at radius 1 is 1.19 bits per heavy atom. The lowest BCUT2D eigenvalue weighted by Gasteiger charge is -2.29. The number of carbonyl (C=O) groups is 1. The Labute approximate surface area is 161 Å². The van der Waals surface area contributed by atoms with E-state index in [0.29, 0.717) is 0 Å². The van der Waals surface area contributed by atoms with E-state index in [0.717, 1.165) is 49.4 Å². The molecule has 1 aliphatic heterocycles. The number of nitrogens with zero attached hydrogens (tertiary/aromatic N) is 1. The topological polar surface area (TPSA) is 41.6 Å². The number of hydrogen-bond acceptors (Lipinski definition) is 3. The number of carbonyl (C=O) groups excluding carboxylic acids is 1. The summed E-state index contributed by atoms with van der Waals surface area (Å²) in [5.41, 5.74) is 4.56. The molecule has 1 saturated heterocycles. The lowest BCUT2D eigenvalue weighted by atomic mass is 10.0. The van der Waals surface area contributed by atoms with Gasteiger partial charge in [-0.2, -0.15) is 0 Å². The van der Waals surface area contributed by atoms with Gasteiger partial charge >= 0.3 is 0 Å². The molecule has 1 aliphatic rings. The molecule has 0 saturated carbocycles. The molecule has 4 heteroatoms. The zero-order chi connectivity index (χ0) is 19.1. The Balaban J connectivity index is 1.67. The summed E-state index contributed by atoms with van der Waals surface area (Å²) in [5.74, 6) is -0.0677. The van der Waals surface area contributed by atoms with Crippen LogP contribution in [0.15, 0.2) is 54.6 Å². The van der Waals surface area contributed by atoms with Crippen molar-refractivity contribution < 1.29 is 9.53 Å². The van der Waals surface area contributed by atoms with E-state index in [-0.39, 0.29) is 11.9 Å². The lowest BCUT2D eigenvalue weighted by molar-refractivity contribution is -0.117. The van der Waals surface area contributed by atoms with Crippen molar-refractivity contribution >= 4 is 17.7 Å². The molecule has 1 heterocycles. The van der Waals surface area contributed by atoms with Crippen LogP contribution in [0, 0.1) is 6.92 Å². The van der Waals surface area contributed by atoms with Crippen molar-refractivity contribution in [2.45, 2.75) is 26.3 Å². The minimum atomic E-state index is -0.0677. The number of nitrogens with one attached hydrogen (secondary N) is 1. The number of ether oxygens (including phenoxy) is 1. The molecule has 4 nitrogen and oxygen atoms in total. The van der Waals surface area contributed by atoms with Gasteiger partial charge in [-0.05, 0) is 48.2 Å². The van der Waals surface area contributed by atoms with Crippen LogP contribution in [-0.4, -0.2) is 32.2 Å². The fourth-order valence-corrected chi connectivity index (χ4v) is 3.34. The van der Waals surface area contributed by atoms with E-state index in [4.69, 9.17) is 4.74 Å². The molecule has 27 heavy (non-hydrogen) atoms. The third kappa shape index (κ3) is 5.20. The Morgan fingerprint density at radius 3 is 2.70 bits per heavy atom. The first-order valence-electron chi connectivity index (χ1n) is 9.64. The highest BCUT2D eigenvalue weighted by molar-refractivity contribution is 5.92. The van der Waals surface area contributed by atoms with Crippen LogP contribution in [0.2, 0.25) is 0 Å². The fraction of sp³-hybridized carbons (Fsp3) is 0.348. The van der Waals surface area contributed by atoms with Gasteiger partial charge in [-0.25, -0.2) is 0 Å². The maximum atomic E-state index is 12.4. The van der Waals surface area contributed by atoms with E-state index in [2.05, 4.69) is 41.4 Å². The van der Waals surface area contributed by atoms with E-state index < -0.39 is 0 Å². The quantitative estimate of drug-likeness (QED) is 0.784. The summed E-state index contributed by atoms with van der Waals surface area (Å²) in [6.07, 6.45) is 4.34. The SMILES string of the molecule is CCC(NC(=O)C=Cc1ccccc1C)c1cccc(N2CCOCC2)c1. The minimum Gasteiger partial charge on any atom is -0.378 e. The van der Waals surface area contributed by atoms with Crippen LogP contribution in [0.3, 0.4) is 0 Å². The maximum Gasteiger partial charge on any atom is 0.244 e. The average molecular weight is 364 g/mol. The smallest absolute Gasteiger partial charge is 0.244 e. The summed E-state index contributed by atoms with van der Waals surface area (Å²) in [4.78, 5) is 14.8. The van der Waals surface area contributed by atoms with Crippen LogP contribution in [0.5, 0.6) is 0 Å². The van der Waals surface area contributed by atoms with Gasteiger partial charge in [-0.15, -0.1) is 0 Å². The van der Waals surface area contributed by atoms with Crippen LogP contribution < -0.4 is 10.2 Å². The molecule has 0 aliphatic carbocycles. The van der Waals surface area contributed by atoms with Crippen LogP contribution in [0.4, 0.5) is 5.69 Å². The molecule has 142 valence electrons. The van der Waals surface area contributed by atoms with Crippen molar-refractivity contribution in [2.75, 3.05) is 31.2 Å². The largest absolute Gasteiger partial charge is 0.378 e. The van der Waals surface area contributed by atoms with Gasteiger partial charge in [0, 0.05) is 24.9 Å². The number of aryl methyl sites for hydroxylation is 1. The number of amides is 1. The minimum absolute atomic E-state index is 0.0000101. The van der Waals surface area contributed by atoms with Gasteiger partial charge in [0.1, 0.15) is 0 Å². The Bertz CT molecular complexity index is 794. The molecule has 1 fully saturated rings. The predicted octanol–water partition coefficient (Wildman–Crippen LogP) is 4.11. The van der Waals surface area contributed by atoms with Gasteiger partial charge < -0.3 is 15.0 Å².